The van der Waals surface area contributed by atoms with Gasteiger partial charge in [0.25, 0.3) is 0 Å². The zero-order valence-electron chi connectivity index (χ0n) is 3.28. The standard InChI is InChI=1S/C4H7.Pb.H/c1-3-4-2;;/h1H,2-4H2;;. The third-order valence-electron chi connectivity index (χ3n) is 0.908. The van der Waals surface area contributed by atoms with Gasteiger partial charge in [-0.1, -0.05) is 0 Å². The summed E-state index contributed by atoms with van der Waals surface area (Å²) in [5.41, 5.74) is 0. The summed E-state index contributed by atoms with van der Waals surface area (Å²) in [6.45, 7) is 0. The maximum absolute atomic E-state index is 2.57. The molecular formula is C4H8Pb. The van der Waals surface area contributed by atoms with E-state index in [1.54, 1.807) is 3.98 Å². The van der Waals surface area contributed by atoms with Crippen LogP contribution in [0.1, 0.15) is 12.8 Å². The zero-order chi connectivity index (χ0) is 3.54. The Morgan fingerprint density at radius 3 is 2.80 bits per heavy atom. The van der Waals surface area contributed by atoms with Crippen molar-refractivity contribution in [2.75, 3.05) is 0 Å². The molecule has 1 aliphatic heterocycles. The molecule has 0 aromatic carbocycles. The van der Waals surface area contributed by atoms with Gasteiger partial charge in [-0.3, -0.25) is 0 Å². The second kappa shape index (κ2) is 2.05. The van der Waals surface area contributed by atoms with Crippen LogP contribution in [0.2, 0.25) is 3.98 Å². The van der Waals surface area contributed by atoms with Crippen molar-refractivity contribution in [1.82, 2.24) is 0 Å². The molecule has 0 saturated carbocycles. The molecule has 0 saturated heterocycles. The average Bonchev–Trinajstić information content (AvgIpc) is 1.76. The normalized spacial score (nSPS) is 20.8. The first-order valence-corrected chi connectivity index (χ1v) is 7.92. The van der Waals surface area contributed by atoms with Gasteiger partial charge in [-0.05, 0) is 0 Å². The first kappa shape index (κ1) is 3.96. The first-order chi connectivity index (χ1) is 2.50. The SMILES string of the molecule is [CH]1=[PbH][CH2]CC1. The molecule has 0 spiro atoms. The van der Waals surface area contributed by atoms with Gasteiger partial charge in [0.15, 0.2) is 0 Å². The van der Waals surface area contributed by atoms with Crippen LogP contribution in [0.15, 0.2) is 0 Å². The molecule has 1 heteroatoms. The second-order valence-electron chi connectivity index (χ2n) is 1.40. The van der Waals surface area contributed by atoms with Gasteiger partial charge in [-0.15, -0.1) is 0 Å². The summed E-state index contributed by atoms with van der Waals surface area (Å²) in [6.07, 6.45) is 3.00. The molecule has 0 radical (unpaired) electrons. The van der Waals surface area contributed by atoms with Gasteiger partial charge < -0.3 is 0 Å². The topological polar surface area (TPSA) is 0 Å². The number of rotatable bonds is 0. The van der Waals surface area contributed by atoms with Crippen LogP contribution in [-0.4, -0.2) is 27.3 Å². The molecule has 1 aliphatic rings. The fourth-order valence-corrected chi connectivity index (χ4v) is 5.17. The molecule has 0 N–H and O–H groups in total. The maximum atomic E-state index is 2.57. The van der Waals surface area contributed by atoms with Crippen LogP contribution in [-0.2, 0) is 0 Å². The predicted molar refractivity (Wildman–Crippen MR) is 27.3 cm³/mol. The second-order valence-corrected chi connectivity index (χ2v) is 7.31. The van der Waals surface area contributed by atoms with Crippen LogP contribution >= 0.6 is 0 Å². The van der Waals surface area contributed by atoms with Crippen LogP contribution < -0.4 is 0 Å². The molecule has 0 aromatic heterocycles. The Morgan fingerprint density at radius 2 is 2.60 bits per heavy atom. The Morgan fingerprint density at radius 1 is 1.60 bits per heavy atom. The van der Waals surface area contributed by atoms with Crippen molar-refractivity contribution in [3.63, 3.8) is 0 Å². The third kappa shape index (κ3) is 1.11. The van der Waals surface area contributed by atoms with Gasteiger partial charge in [0, 0.05) is 0 Å². The Bertz CT molecular complexity index is 41.6. The van der Waals surface area contributed by atoms with Crippen molar-refractivity contribution in [2.45, 2.75) is 16.8 Å². The van der Waals surface area contributed by atoms with Gasteiger partial charge in [0.05, 0.1) is 0 Å². The minimum atomic E-state index is -0.0602. The van der Waals surface area contributed by atoms with E-state index in [9.17, 15) is 0 Å². The van der Waals surface area contributed by atoms with Crippen LogP contribution in [0.5, 0.6) is 0 Å². The summed E-state index contributed by atoms with van der Waals surface area (Å²) in [6, 6.07) is 0. The zero-order valence-corrected chi connectivity index (χ0v) is 7.76. The predicted octanol–water partition coefficient (Wildman–Crippen LogP) is 0.437. The van der Waals surface area contributed by atoms with E-state index < -0.39 is 0 Å². The number of hydrogen-bond acceptors (Lipinski definition) is 0. The molecule has 0 unspecified atom stereocenters. The van der Waals surface area contributed by atoms with Crippen LogP contribution in [0.25, 0.3) is 0 Å². The third-order valence-corrected chi connectivity index (χ3v) is 6.38. The minimum absolute atomic E-state index is 0.0602. The summed E-state index contributed by atoms with van der Waals surface area (Å²) >= 11 is -0.0602. The van der Waals surface area contributed by atoms with Gasteiger partial charge in [-0.2, -0.15) is 0 Å². The molecule has 0 aromatic rings. The van der Waals surface area contributed by atoms with Crippen molar-refractivity contribution in [3.05, 3.63) is 0 Å². The molecule has 5 heavy (non-hydrogen) atoms. The summed E-state index contributed by atoms with van der Waals surface area (Å²) in [5, 5.41) is 0. The van der Waals surface area contributed by atoms with E-state index in [0.717, 1.165) is 0 Å². The van der Waals surface area contributed by atoms with Crippen molar-refractivity contribution in [2.24, 2.45) is 0 Å². The van der Waals surface area contributed by atoms with Crippen molar-refractivity contribution < 1.29 is 0 Å². The van der Waals surface area contributed by atoms with E-state index in [0.29, 0.717) is 0 Å². The summed E-state index contributed by atoms with van der Waals surface area (Å²) < 4.78 is 4.22. The Labute approximate surface area is 44.3 Å². The Kier molecular flexibility index (Phi) is 1.63. The quantitative estimate of drug-likeness (QED) is 0.556. The van der Waals surface area contributed by atoms with Crippen molar-refractivity contribution >= 4 is 27.3 Å². The molecule has 0 nitrogen and oxygen atoms in total. The monoisotopic (exact) mass is 264 g/mol. The van der Waals surface area contributed by atoms with Gasteiger partial charge in [0.1, 0.15) is 0 Å². The number of hydrogen-bond donors (Lipinski definition) is 0. The Balaban J connectivity index is 2.32. The fourth-order valence-electron chi connectivity index (χ4n) is 0.589. The van der Waals surface area contributed by atoms with Crippen LogP contribution in [0, 0.1) is 0 Å². The molecular weight excluding hydrogens is 255 g/mol. The van der Waals surface area contributed by atoms with Crippen LogP contribution in [0.4, 0.5) is 0 Å². The van der Waals surface area contributed by atoms with Gasteiger partial charge in [-0.25, -0.2) is 0 Å². The summed E-state index contributed by atoms with van der Waals surface area (Å²) in [4.78, 5) is 0. The molecule has 0 aliphatic carbocycles. The van der Waals surface area contributed by atoms with E-state index in [1.807, 2.05) is 0 Å². The van der Waals surface area contributed by atoms with Crippen LogP contribution in [0.3, 0.4) is 0 Å². The van der Waals surface area contributed by atoms with Gasteiger partial charge in [0.2, 0.25) is 0 Å². The molecule has 28 valence electrons. The molecule has 0 bridgehead atoms. The molecule has 0 amide bonds. The Hall–Kier alpha value is 0.792. The van der Waals surface area contributed by atoms with E-state index in [2.05, 4.69) is 3.56 Å². The molecule has 0 fully saturated rings. The van der Waals surface area contributed by atoms with Crippen molar-refractivity contribution in [3.8, 4) is 0 Å². The molecule has 0 atom stereocenters. The van der Waals surface area contributed by atoms with Crippen molar-refractivity contribution in [1.29, 1.82) is 0 Å². The summed E-state index contributed by atoms with van der Waals surface area (Å²) in [5.74, 6) is 0. The van der Waals surface area contributed by atoms with E-state index in [-0.39, 0.29) is 23.7 Å². The van der Waals surface area contributed by atoms with E-state index in [1.165, 1.54) is 12.8 Å². The first-order valence-electron chi connectivity index (χ1n) is 2.15. The molecule has 1 heterocycles. The van der Waals surface area contributed by atoms with E-state index in [4.69, 9.17) is 0 Å². The fraction of sp³-hybridized carbons (Fsp3) is 0.750. The summed E-state index contributed by atoms with van der Waals surface area (Å²) in [7, 11) is 0. The average molecular weight is 263 g/mol. The van der Waals surface area contributed by atoms with Gasteiger partial charge >= 0.3 is 44.1 Å². The van der Waals surface area contributed by atoms with E-state index >= 15 is 0 Å². The molecule has 1 rings (SSSR count).